The molecular formula is C22H43N5O7. The molecule has 12 heteroatoms. The third-order valence-corrected chi connectivity index (χ3v) is 6.85. The Bertz CT molecular complexity index is 697. The molecule has 3 aliphatic rings. The number of aliphatic hydroxyl groups excluding tert-OH is 2. The number of hydrogen-bond acceptors (Lipinski definition) is 12. The standard InChI is InChI=1S/C22H43N5O7/c1-5-27-13-8-12(25)17(33-20-11(24)6-7-14(32-20)10(2)23)15(28)18(13)34-21-16(29)19(26-4)22(3,30)9-31-21/h7,10-13,15-21,26-30H,5-6,8-9,23-25H2,1-4H3/t10?,11-,12-,13+,15+,16-,17-,18+,19-,20-,21+,22+/m1/s1. The molecule has 1 saturated heterocycles. The van der Waals surface area contributed by atoms with E-state index in [4.69, 9.17) is 36.1 Å². The van der Waals surface area contributed by atoms with Crippen LogP contribution in [0.1, 0.15) is 33.6 Å². The van der Waals surface area contributed by atoms with E-state index in [9.17, 15) is 15.3 Å². The first-order valence-electron chi connectivity index (χ1n) is 12.0. The molecule has 2 aliphatic heterocycles. The second-order valence-corrected chi connectivity index (χ2v) is 9.83. The molecular weight excluding hydrogens is 446 g/mol. The zero-order valence-corrected chi connectivity index (χ0v) is 20.5. The fraction of sp³-hybridized carbons (Fsp3) is 0.909. The van der Waals surface area contributed by atoms with E-state index in [2.05, 4.69) is 10.6 Å². The van der Waals surface area contributed by atoms with Crippen molar-refractivity contribution in [1.29, 1.82) is 0 Å². The summed E-state index contributed by atoms with van der Waals surface area (Å²) in [6, 6.07) is -2.30. The molecule has 0 aromatic carbocycles. The smallest absolute Gasteiger partial charge is 0.215 e. The molecule has 2 fully saturated rings. The predicted octanol–water partition coefficient (Wildman–Crippen LogP) is -2.81. The van der Waals surface area contributed by atoms with Gasteiger partial charge in [-0.15, -0.1) is 0 Å². The molecule has 1 unspecified atom stereocenters. The van der Waals surface area contributed by atoms with Crippen molar-refractivity contribution in [3.63, 3.8) is 0 Å². The summed E-state index contributed by atoms with van der Waals surface area (Å²) in [6.07, 6.45) is -3.09. The van der Waals surface area contributed by atoms with Crippen molar-refractivity contribution in [2.75, 3.05) is 20.2 Å². The number of ether oxygens (including phenoxy) is 4. The van der Waals surface area contributed by atoms with Crippen molar-refractivity contribution in [2.45, 2.75) is 106 Å². The highest BCUT2D eigenvalue weighted by atomic mass is 16.7. The van der Waals surface area contributed by atoms with Crippen molar-refractivity contribution in [1.82, 2.24) is 10.6 Å². The highest BCUT2D eigenvalue weighted by Gasteiger charge is 2.51. The van der Waals surface area contributed by atoms with Crippen LogP contribution in [0.4, 0.5) is 0 Å². The van der Waals surface area contributed by atoms with Gasteiger partial charge < -0.3 is 62.1 Å². The third kappa shape index (κ3) is 5.90. The van der Waals surface area contributed by atoms with Crippen LogP contribution in [0.5, 0.6) is 0 Å². The molecule has 0 aromatic rings. The molecule has 0 radical (unpaired) electrons. The summed E-state index contributed by atoms with van der Waals surface area (Å²) in [5, 5.41) is 38.9. The number of likely N-dealkylation sites (N-methyl/N-ethyl adjacent to an activating group) is 2. The van der Waals surface area contributed by atoms with E-state index < -0.39 is 60.7 Å². The number of hydrogen-bond donors (Lipinski definition) is 8. The topological polar surface area (TPSA) is 200 Å². The predicted molar refractivity (Wildman–Crippen MR) is 124 cm³/mol. The van der Waals surface area contributed by atoms with E-state index in [1.54, 1.807) is 20.9 Å². The zero-order valence-electron chi connectivity index (χ0n) is 20.5. The normalized spacial score (nSPS) is 46.5. The van der Waals surface area contributed by atoms with Crippen LogP contribution in [0.15, 0.2) is 11.8 Å². The lowest BCUT2D eigenvalue weighted by atomic mass is 9.83. The first-order chi connectivity index (χ1) is 16.0. The molecule has 0 amide bonds. The maximum absolute atomic E-state index is 11.3. The lowest BCUT2D eigenvalue weighted by Crippen LogP contribution is -2.69. The van der Waals surface area contributed by atoms with Crippen molar-refractivity contribution in [3.8, 4) is 0 Å². The molecule has 1 saturated carbocycles. The van der Waals surface area contributed by atoms with Gasteiger partial charge in [-0.25, -0.2) is 0 Å². The lowest BCUT2D eigenvalue weighted by Gasteiger charge is -2.49. The minimum atomic E-state index is -1.28. The van der Waals surface area contributed by atoms with Gasteiger partial charge in [-0.05, 0) is 46.4 Å². The van der Waals surface area contributed by atoms with Crippen LogP contribution in [0.2, 0.25) is 0 Å². The summed E-state index contributed by atoms with van der Waals surface area (Å²) in [5.74, 6) is 0.577. The number of nitrogens with one attached hydrogen (secondary N) is 2. The van der Waals surface area contributed by atoms with Crippen molar-refractivity contribution < 1.29 is 34.3 Å². The Kier molecular flexibility index (Phi) is 9.31. The van der Waals surface area contributed by atoms with Crippen LogP contribution in [-0.2, 0) is 18.9 Å². The summed E-state index contributed by atoms with van der Waals surface area (Å²) < 4.78 is 23.7. The summed E-state index contributed by atoms with van der Waals surface area (Å²) in [7, 11) is 1.64. The average molecular weight is 490 g/mol. The SMILES string of the molecule is CCN[C@H]1C[C@@H](N)[C@@H](O[C@H]2OC(C(C)N)=CC[C@H]2N)[C@H](O)[C@H]1O[C@@H]1OC[C@](C)(O)[C@H](NC)[C@H]1O. The van der Waals surface area contributed by atoms with Gasteiger partial charge in [0.2, 0.25) is 6.29 Å². The minimum absolute atomic E-state index is 0.0501. The Labute approximate surface area is 201 Å². The van der Waals surface area contributed by atoms with Crippen LogP contribution < -0.4 is 27.8 Å². The zero-order chi connectivity index (χ0) is 25.2. The van der Waals surface area contributed by atoms with Gasteiger partial charge >= 0.3 is 0 Å². The maximum Gasteiger partial charge on any atom is 0.215 e. The highest BCUT2D eigenvalue weighted by molar-refractivity contribution is 5.07. The summed E-state index contributed by atoms with van der Waals surface area (Å²) >= 11 is 0. The molecule has 0 aromatic heterocycles. The van der Waals surface area contributed by atoms with Crippen molar-refractivity contribution in [2.24, 2.45) is 17.2 Å². The van der Waals surface area contributed by atoms with Crippen LogP contribution in [-0.4, -0.2) is 108 Å². The van der Waals surface area contributed by atoms with Gasteiger partial charge in [0.15, 0.2) is 6.29 Å². The van der Waals surface area contributed by atoms with Gasteiger partial charge in [0.1, 0.15) is 35.8 Å². The molecule has 12 atom stereocenters. The van der Waals surface area contributed by atoms with Gasteiger partial charge in [0, 0.05) is 12.1 Å². The van der Waals surface area contributed by atoms with E-state index in [0.29, 0.717) is 25.1 Å². The van der Waals surface area contributed by atoms with Crippen LogP contribution in [0.3, 0.4) is 0 Å². The molecule has 0 spiro atoms. The van der Waals surface area contributed by atoms with E-state index in [-0.39, 0.29) is 18.7 Å². The minimum Gasteiger partial charge on any atom is -0.466 e. The Morgan fingerprint density at radius 1 is 1.18 bits per heavy atom. The summed E-state index contributed by atoms with van der Waals surface area (Å²) in [6.45, 7) is 5.89. The van der Waals surface area contributed by atoms with Crippen molar-refractivity contribution in [3.05, 3.63) is 11.8 Å². The third-order valence-electron chi connectivity index (χ3n) is 6.85. The largest absolute Gasteiger partial charge is 0.466 e. The number of nitrogens with two attached hydrogens (primary N) is 3. The fourth-order valence-corrected chi connectivity index (χ4v) is 4.99. The van der Waals surface area contributed by atoms with Crippen LogP contribution in [0.25, 0.3) is 0 Å². The highest BCUT2D eigenvalue weighted by Crippen LogP contribution is 2.32. The van der Waals surface area contributed by atoms with E-state index in [0.717, 1.165) is 0 Å². The van der Waals surface area contributed by atoms with Gasteiger partial charge in [0.05, 0.1) is 24.7 Å². The lowest BCUT2D eigenvalue weighted by molar-refractivity contribution is -0.304. The van der Waals surface area contributed by atoms with Gasteiger partial charge in [-0.1, -0.05) is 6.92 Å². The van der Waals surface area contributed by atoms with Crippen LogP contribution in [0, 0.1) is 0 Å². The second-order valence-electron chi connectivity index (χ2n) is 9.83. The van der Waals surface area contributed by atoms with Crippen molar-refractivity contribution >= 4 is 0 Å². The van der Waals surface area contributed by atoms with Crippen LogP contribution >= 0.6 is 0 Å². The van der Waals surface area contributed by atoms with Gasteiger partial charge in [0.25, 0.3) is 0 Å². The Morgan fingerprint density at radius 2 is 1.85 bits per heavy atom. The van der Waals surface area contributed by atoms with E-state index in [1.807, 2.05) is 13.0 Å². The second kappa shape index (κ2) is 11.4. The van der Waals surface area contributed by atoms with E-state index in [1.165, 1.54) is 0 Å². The van der Waals surface area contributed by atoms with Gasteiger partial charge in [-0.2, -0.15) is 0 Å². The Hall–Kier alpha value is -0.900. The average Bonchev–Trinajstić information content (AvgIpc) is 2.76. The number of rotatable bonds is 8. The maximum atomic E-state index is 11.3. The Morgan fingerprint density at radius 3 is 2.47 bits per heavy atom. The molecule has 11 N–H and O–H groups in total. The molecule has 12 nitrogen and oxygen atoms in total. The van der Waals surface area contributed by atoms with Gasteiger partial charge in [-0.3, -0.25) is 0 Å². The Balaban J connectivity index is 1.76. The number of aliphatic hydroxyl groups is 3. The summed E-state index contributed by atoms with van der Waals surface area (Å²) in [5.41, 5.74) is 17.3. The first kappa shape index (κ1) is 27.7. The monoisotopic (exact) mass is 489 g/mol. The molecule has 0 bridgehead atoms. The molecule has 34 heavy (non-hydrogen) atoms. The molecule has 1 aliphatic carbocycles. The van der Waals surface area contributed by atoms with E-state index >= 15 is 0 Å². The fourth-order valence-electron chi connectivity index (χ4n) is 4.99. The first-order valence-corrected chi connectivity index (χ1v) is 12.0. The molecule has 198 valence electrons. The molecule has 2 heterocycles. The quantitative estimate of drug-likeness (QED) is 0.174. The molecule has 3 rings (SSSR count). The summed E-state index contributed by atoms with van der Waals surface area (Å²) in [4.78, 5) is 0.